The molecular weight excluding hydrogens is 252 g/mol. The molecule has 108 valence electrons. The van der Waals surface area contributed by atoms with Crippen molar-refractivity contribution in [3.8, 4) is 0 Å². The molecule has 0 radical (unpaired) electrons. The van der Waals surface area contributed by atoms with Gasteiger partial charge in [0.15, 0.2) is 0 Å². The highest BCUT2D eigenvalue weighted by molar-refractivity contribution is 5.92. The van der Waals surface area contributed by atoms with Crippen LogP contribution in [0.2, 0.25) is 0 Å². The first-order valence-electron chi connectivity index (χ1n) is 7.33. The highest BCUT2D eigenvalue weighted by Crippen LogP contribution is 2.62. The summed E-state index contributed by atoms with van der Waals surface area (Å²) in [7, 11) is 0. The van der Waals surface area contributed by atoms with Gasteiger partial charge in [-0.1, -0.05) is 26.8 Å². The van der Waals surface area contributed by atoms with Gasteiger partial charge in [0, 0.05) is 12.1 Å². The van der Waals surface area contributed by atoms with Crippen molar-refractivity contribution in [3.63, 3.8) is 0 Å². The van der Waals surface area contributed by atoms with Gasteiger partial charge in [-0.3, -0.25) is 9.59 Å². The fourth-order valence-electron chi connectivity index (χ4n) is 4.45. The van der Waals surface area contributed by atoms with E-state index in [-0.39, 0.29) is 28.3 Å². The minimum absolute atomic E-state index is 0.123. The molecule has 2 fully saturated rings. The Labute approximate surface area is 119 Å². The summed E-state index contributed by atoms with van der Waals surface area (Å²) < 4.78 is 0. The molecule has 2 aliphatic rings. The molecule has 2 N–H and O–H groups in total. The molecule has 4 nitrogen and oxygen atoms in total. The molecule has 3 rings (SSSR count). The summed E-state index contributed by atoms with van der Waals surface area (Å²) in [5, 5.41) is 3.18. The third kappa shape index (κ3) is 1.89. The van der Waals surface area contributed by atoms with E-state index < -0.39 is 0 Å². The van der Waals surface area contributed by atoms with Crippen LogP contribution in [0.4, 0.5) is 0 Å². The molecule has 1 heterocycles. The zero-order valence-electron chi connectivity index (χ0n) is 12.3. The van der Waals surface area contributed by atoms with Gasteiger partial charge in [-0.2, -0.15) is 0 Å². The van der Waals surface area contributed by atoms with Crippen LogP contribution in [0.3, 0.4) is 0 Å². The maximum Gasteiger partial charge on any atom is 0.268 e. The number of aromatic amines is 1. The predicted molar refractivity (Wildman–Crippen MR) is 77.5 cm³/mol. The van der Waals surface area contributed by atoms with E-state index in [0.717, 1.165) is 0 Å². The summed E-state index contributed by atoms with van der Waals surface area (Å²) in [5.41, 5.74) is 0.423. The Hall–Kier alpha value is -1.58. The van der Waals surface area contributed by atoms with E-state index in [0.29, 0.717) is 11.6 Å². The van der Waals surface area contributed by atoms with Gasteiger partial charge >= 0.3 is 0 Å². The molecule has 1 aromatic rings. The number of fused-ring (bicyclic) bond motifs is 2. The average molecular weight is 274 g/mol. The molecule has 3 unspecified atom stereocenters. The van der Waals surface area contributed by atoms with Crippen molar-refractivity contribution < 1.29 is 4.79 Å². The van der Waals surface area contributed by atoms with Crippen LogP contribution in [-0.4, -0.2) is 16.9 Å². The third-order valence-electron chi connectivity index (χ3n) is 5.56. The van der Waals surface area contributed by atoms with Crippen LogP contribution in [-0.2, 0) is 0 Å². The van der Waals surface area contributed by atoms with Crippen molar-refractivity contribution in [2.75, 3.05) is 0 Å². The summed E-state index contributed by atoms with van der Waals surface area (Å²) in [4.78, 5) is 26.3. The summed E-state index contributed by atoms with van der Waals surface area (Å²) in [6, 6.07) is 4.85. The SMILES string of the molecule is CC12CCC(C1)C(C)(C)C2NC(=O)c1cccc(=O)[nH]1. The predicted octanol–water partition coefficient (Wildman–Crippen LogP) is 2.32. The van der Waals surface area contributed by atoms with Crippen LogP contribution < -0.4 is 10.9 Å². The first kappa shape index (κ1) is 13.4. The molecule has 20 heavy (non-hydrogen) atoms. The quantitative estimate of drug-likeness (QED) is 0.869. The summed E-state index contributed by atoms with van der Waals surface area (Å²) in [6.07, 6.45) is 3.63. The molecule has 1 aromatic heterocycles. The number of aromatic nitrogens is 1. The zero-order valence-corrected chi connectivity index (χ0v) is 12.3. The molecular formula is C16H22N2O2. The van der Waals surface area contributed by atoms with Crippen LogP contribution in [0.15, 0.2) is 23.0 Å². The summed E-state index contributed by atoms with van der Waals surface area (Å²) in [6.45, 7) is 6.78. The summed E-state index contributed by atoms with van der Waals surface area (Å²) >= 11 is 0. The largest absolute Gasteiger partial charge is 0.347 e. The second kappa shape index (κ2) is 4.21. The highest BCUT2D eigenvalue weighted by Gasteiger charge is 2.59. The Morgan fingerprint density at radius 2 is 2.10 bits per heavy atom. The maximum absolute atomic E-state index is 12.4. The van der Waals surface area contributed by atoms with Crippen molar-refractivity contribution in [2.24, 2.45) is 16.7 Å². The minimum Gasteiger partial charge on any atom is -0.347 e. The Bertz CT molecular complexity index is 600. The number of hydrogen-bond acceptors (Lipinski definition) is 2. The number of H-pyrrole nitrogens is 1. The molecule has 3 atom stereocenters. The van der Waals surface area contributed by atoms with Crippen LogP contribution >= 0.6 is 0 Å². The van der Waals surface area contributed by atoms with Crippen molar-refractivity contribution in [3.05, 3.63) is 34.2 Å². The van der Waals surface area contributed by atoms with Gasteiger partial charge in [0.05, 0.1) is 0 Å². The smallest absolute Gasteiger partial charge is 0.268 e. The second-order valence-corrected chi connectivity index (χ2v) is 7.25. The molecule has 2 bridgehead atoms. The molecule has 0 aromatic carbocycles. The molecule has 1 amide bonds. The van der Waals surface area contributed by atoms with Gasteiger partial charge in [0.2, 0.25) is 5.56 Å². The van der Waals surface area contributed by atoms with E-state index >= 15 is 0 Å². The van der Waals surface area contributed by atoms with Crippen LogP contribution in [0.25, 0.3) is 0 Å². The van der Waals surface area contributed by atoms with E-state index in [1.807, 2.05) is 0 Å². The fourth-order valence-corrected chi connectivity index (χ4v) is 4.45. The minimum atomic E-state index is -0.240. The number of amides is 1. The van der Waals surface area contributed by atoms with E-state index in [9.17, 15) is 9.59 Å². The van der Waals surface area contributed by atoms with Gasteiger partial charge in [0.1, 0.15) is 5.69 Å². The Kier molecular flexibility index (Phi) is 2.82. The van der Waals surface area contributed by atoms with Gasteiger partial charge in [0.25, 0.3) is 5.91 Å². The fraction of sp³-hybridized carbons (Fsp3) is 0.625. The monoisotopic (exact) mass is 274 g/mol. The van der Waals surface area contributed by atoms with Crippen molar-refractivity contribution in [2.45, 2.75) is 46.1 Å². The molecule has 0 saturated heterocycles. The lowest BCUT2D eigenvalue weighted by molar-refractivity contribution is 0.0733. The summed E-state index contributed by atoms with van der Waals surface area (Å²) in [5.74, 6) is 0.516. The van der Waals surface area contributed by atoms with Gasteiger partial charge in [-0.25, -0.2) is 0 Å². The lowest BCUT2D eigenvalue weighted by atomic mass is 9.68. The van der Waals surface area contributed by atoms with Gasteiger partial charge in [-0.05, 0) is 42.1 Å². The van der Waals surface area contributed by atoms with Crippen molar-refractivity contribution in [1.82, 2.24) is 10.3 Å². The number of nitrogens with one attached hydrogen (secondary N) is 2. The Morgan fingerprint density at radius 3 is 2.70 bits per heavy atom. The number of carbonyl (C=O) groups is 1. The van der Waals surface area contributed by atoms with Crippen molar-refractivity contribution in [1.29, 1.82) is 0 Å². The van der Waals surface area contributed by atoms with Gasteiger partial charge in [-0.15, -0.1) is 0 Å². The molecule has 2 aliphatic carbocycles. The molecule has 4 heteroatoms. The first-order chi connectivity index (χ1) is 9.33. The standard InChI is InChI=1S/C16H22N2O2/c1-15(2)10-7-8-16(3,9-10)14(15)18-13(20)11-5-4-6-12(19)17-11/h4-6,10,14H,7-9H2,1-3H3,(H,17,19)(H,18,20). The topological polar surface area (TPSA) is 62.0 Å². The molecule has 0 spiro atoms. The van der Waals surface area contributed by atoms with E-state index in [2.05, 4.69) is 31.1 Å². The molecule has 2 saturated carbocycles. The third-order valence-corrected chi connectivity index (χ3v) is 5.56. The van der Waals surface area contributed by atoms with Crippen molar-refractivity contribution >= 4 is 5.91 Å². The lowest BCUT2D eigenvalue weighted by Crippen LogP contribution is -2.52. The van der Waals surface area contributed by atoms with E-state index in [1.165, 1.54) is 25.3 Å². The normalized spacial score (nSPS) is 34.1. The first-order valence-corrected chi connectivity index (χ1v) is 7.33. The second-order valence-electron chi connectivity index (χ2n) is 7.25. The van der Waals surface area contributed by atoms with Crippen LogP contribution in [0.5, 0.6) is 0 Å². The van der Waals surface area contributed by atoms with Gasteiger partial charge < -0.3 is 10.3 Å². The maximum atomic E-state index is 12.4. The Balaban J connectivity index is 1.84. The zero-order chi connectivity index (χ0) is 14.5. The number of pyridine rings is 1. The lowest BCUT2D eigenvalue weighted by Gasteiger charge is -2.43. The number of carbonyl (C=O) groups excluding carboxylic acids is 1. The molecule has 0 aliphatic heterocycles. The number of hydrogen-bond donors (Lipinski definition) is 2. The number of rotatable bonds is 2. The average Bonchev–Trinajstić information content (AvgIpc) is 2.85. The van der Waals surface area contributed by atoms with Crippen LogP contribution in [0.1, 0.15) is 50.5 Å². The van der Waals surface area contributed by atoms with E-state index in [1.54, 1.807) is 12.1 Å². The highest BCUT2D eigenvalue weighted by atomic mass is 16.2. The van der Waals surface area contributed by atoms with E-state index in [4.69, 9.17) is 0 Å². The van der Waals surface area contributed by atoms with Crippen LogP contribution in [0, 0.1) is 16.7 Å². The Morgan fingerprint density at radius 1 is 1.35 bits per heavy atom.